The number of hydrogen-bond donors (Lipinski definition) is 2. The van der Waals surface area contributed by atoms with Gasteiger partial charge in [-0.3, -0.25) is 4.79 Å². The summed E-state index contributed by atoms with van der Waals surface area (Å²) in [7, 11) is 3.25. The van der Waals surface area contributed by atoms with Crippen molar-refractivity contribution in [2.75, 3.05) is 20.8 Å². The number of hydrogen-bond acceptors (Lipinski definition) is 4. The zero-order valence-electron chi connectivity index (χ0n) is 14.1. The highest BCUT2D eigenvalue weighted by molar-refractivity contribution is 5.77. The molecule has 0 aromatic heterocycles. The Labute approximate surface area is 142 Å². The molecule has 0 atom stereocenters. The molecule has 3 N–H and O–H groups in total. The molecular weight excluding hydrogens is 304 g/mol. The summed E-state index contributed by atoms with van der Waals surface area (Å²) in [5, 5.41) is 3.08. The van der Waals surface area contributed by atoms with Gasteiger partial charge in [-0.1, -0.05) is 24.3 Å². The van der Waals surface area contributed by atoms with Gasteiger partial charge in [0.25, 0.3) is 0 Å². The summed E-state index contributed by atoms with van der Waals surface area (Å²) in [5.41, 5.74) is 7.39. The van der Waals surface area contributed by atoms with Gasteiger partial charge >= 0.3 is 0 Å². The summed E-state index contributed by atoms with van der Waals surface area (Å²) >= 11 is 0. The average Bonchev–Trinajstić information content (AvgIpc) is 2.64. The molecule has 5 heteroatoms. The van der Waals surface area contributed by atoms with Crippen LogP contribution in [0.15, 0.2) is 48.5 Å². The van der Waals surface area contributed by atoms with Crippen LogP contribution in [0.25, 0.3) is 0 Å². The van der Waals surface area contributed by atoms with E-state index in [0.717, 1.165) is 22.6 Å². The van der Waals surface area contributed by atoms with Crippen LogP contribution in [0, 0.1) is 0 Å². The van der Waals surface area contributed by atoms with E-state index in [-0.39, 0.29) is 11.9 Å². The van der Waals surface area contributed by atoms with Crippen LogP contribution in [0.1, 0.15) is 30.0 Å². The van der Waals surface area contributed by atoms with Crippen molar-refractivity contribution in [2.45, 2.75) is 18.9 Å². The maximum absolute atomic E-state index is 12.2. The summed E-state index contributed by atoms with van der Waals surface area (Å²) in [6, 6.07) is 15.1. The molecule has 0 fully saturated rings. The molecule has 0 aliphatic rings. The van der Waals surface area contributed by atoms with Gasteiger partial charge in [-0.2, -0.15) is 0 Å². The Bertz CT molecular complexity index is 626. The number of rotatable bonds is 8. The van der Waals surface area contributed by atoms with Crippen molar-refractivity contribution in [1.29, 1.82) is 0 Å². The highest BCUT2D eigenvalue weighted by atomic mass is 16.5. The first kappa shape index (κ1) is 17.8. The second-order valence-corrected chi connectivity index (χ2v) is 5.45. The molecule has 0 aliphatic heterocycles. The largest absolute Gasteiger partial charge is 0.497 e. The summed E-state index contributed by atoms with van der Waals surface area (Å²) in [6.07, 6.45) is 1.07. The fraction of sp³-hybridized carbons (Fsp3) is 0.316. The van der Waals surface area contributed by atoms with Gasteiger partial charge in [0.05, 0.1) is 20.3 Å². The van der Waals surface area contributed by atoms with Gasteiger partial charge in [0.2, 0.25) is 5.91 Å². The van der Waals surface area contributed by atoms with Gasteiger partial charge in [0.15, 0.2) is 0 Å². The van der Waals surface area contributed by atoms with E-state index in [1.54, 1.807) is 14.2 Å². The summed E-state index contributed by atoms with van der Waals surface area (Å²) in [4.78, 5) is 12.2. The molecule has 0 saturated carbocycles. The summed E-state index contributed by atoms with van der Waals surface area (Å²) < 4.78 is 10.6. The summed E-state index contributed by atoms with van der Waals surface area (Å²) in [6.45, 7) is 0.496. The maximum Gasteiger partial charge on any atom is 0.220 e. The smallest absolute Gasteiger partial charge is 0.220 e. The molecule has 1 amide bonds. The Kier molecular flexibility index (Phi) is 6.63. The van der Waals surface area contributed by atoms with E-state index in [4.69, 9.17) is 15.2 Å². The highest BCUT2D eigenvalue weighted by Crippen LogP contribution is 2.27. The molecule has 0 spiro atoms. The second kappa shape index (κ2) is 8.93. The first-order valence-electron chi connectivity index (χ1n) is 7.95. The molecule has 2 aromatic rings. The van der Waals surface area contributed by atoms with Crippen LogP contribution >= 0.6 is 0 Å². The Morgan fingerprint density at radius 1 is 1.04 bits per heavy atom. The minimum atomic E-state index is -0.277. The fourth-order valence-electron chi connectivity index (χ4n) is 2.50. The lowest BCUT2D eigenvalue weighted by Crippen LogP contribution is -2.29. The number of methoxy groups -OCH3 is 2. The lowest BCUT2D eigenvalue weighted by molar-refractivity contribution is -0.121. The topological polar surface area (TPSA) is 73.6 Å². The molecule has 0 heterocycles. The number of ether oxygens (including phenoxy) is 2. The minimum Gasteiger partial charge on any atom is -0.497 e. The van der Waals surface area contributed by atoms with E-state index in [1.165, 1.54) is 0 Å². The molecule has 0 radical (unpaired) electrons. The third-order valence-electron chi connectivity index (χ3n) is 3.77. The van der Waals surface area contributed by atoms with Crippen LogP contribution in [-0.2, 0) is 4.79 Å². The van der Waals surface area contributed by atoms with Crippen LogP contribution in [0.2, 0.25) is 0 Å². The number of benzene rings is 2. The maximum atomic E-state index is 12.2. The molecule has 2 aromatic carbocycles. The van der Waals surface area contributed by atoms with Crippen molar-refractivity contribution in [3.05, 3.63) is 59.7 Å². The Hall–Kier alpha value is -2.53. The number of carbonyl (C=O) groups is 1. The van der Waals surface area contributed by atoms with Crippen molar-refractivity contribution in [1.82, 2.24) is 5.32 Å². The number of carbonyl (C=O) groups excluding carboxylic acids is 1. The Morgan fingerprint density at radius 2 is 1.58 bits per heavy atom. The predicted molar refractivity (Wildman–Crippen MR) is 94.3 cm³/mol. The van der Waals surface area contributed by atoms with Crippen molar-refractivity contribution in [3.63, 3.8) is 0 Å². The average molecular weight is 328 g/mol. The molecule has 5 nitrogen and oxygen atoms in total. The van der Waals surface area contributed by atoms with Gasteiger partial charge < -0.3 is 20.5 Å². The molecule has 0 saturated heterocycles. The normalized spacial score (nSPS) is 10.5. The van der Waals surface area contributed by atoms with Crippen molar-refractivity contribution in [3.8, 4) is 11.5 Å². The standard InChI is InChI=1S/C19H24N2O3/c1-23-16-8-3-6-14(12-16)19(21-18(22)10-5-11-20)15-7-4-9-17(13-15)24-2/h3-4,6-9,12-13,19H,5,10-11,20H2,1-2H3,(H,21,22). The van der Waals surface area contributed by atoms with Gasteiger partial charge in [-0.05, 0) is 48.4 Å². The van der Waals surface area contributed by atoms with Gasteiger partial charge in [0.1, 0.15) is 11.5 Å². The quantitative estimate of drug-likeness (QED) is 0.781. The van der Waals surface area contributed by atoms with E-state index in [0.29, 0.717) is 19.4 Å². The monoisotopic (exact) mass is 328 g/mol. The molecular formula is C19H24N2O3. The number of nitrogens with two attached hydrogens (primary N) is 1. The minimum absolute atomic E-state index is 0.0314. The lowest BCUT2D eigenvalue weighted by atomic mass is 9.98. The highest BCUT2D eigenvalue weighted by Gasteiger charge is 2.18. The van der Waals surface area contributed by atoms with Crippen LogP contribution < -0.4 is 20.5 Å². The molecule has 0 aliphatic carbocycles. The third-order valence-corrected chi connectivity index (χ3v) is 3.77. The van der Waals surface area contributed by atoms with Crippen LogP contribution in [0.5, 0.6) is 11.5 Å². The predicted octanol–water partition coefficient (Wildman–Crippen LogP) is 2.65. The molecule has 2 rings (SSSR count). The van der Waals surface area contributed by atoms with E-state index >= 15 is 0 Å². The SMILES string of the molecule is COc1cccc(C(NC(=O)CCCN)c2cccc(OC)c2)c1. The van der Waals surface area contributed by atoms with Gasteiger partial charge in [0, 0.05) is 6.42 Å². The fourth-order valence-corrected chi connectivity index (χ4v) is 2.50. The zero-order valence-corrected chi connectivity index (χ0v) is 14.1. The van der Waals surface area contributed by atoms with Crippen molar-refractivity contribution >= 4 is 5.91 Å². The molecule has 0 unspecified atom stereocenters. The number of amides is 1. The van der Waals surface area contributed by atoms with Crippen LogP contribution in [0.3, 0.4) is 0 Å². The first-order valence-corrected chi connectivity index (χ1v) is 7.95. The van der Waals surface area contributed by atoms with E-state index in [9.17, 15) is 4.79 Å². The third kappa shape index (κ3) is 4.73. The van der Waals surface area contributed by atoms with E-state index in [1.807, 2.05) is 48.5 Å². The van der Waals surface area contributed by atoms with E-state index in [2.05, 4.69) is 5.32 Å². The number of nitrogens with one attached hydrogen (secondary N) is 1. The Balaban J connectivity index is 2.34. The Morgan fingerprint density at radius 3 is 2.04 bits per heavy atom. The van der Waals surface area contributed by atoms with Gasteiger partial charge in [-0.15, -0.1) is 0 Å². The van der Waals surface area contributed by atoms with Crippen molar-refractivity contribution in [2.24, 2.45) is 5.73 Å². The molecule has 128 valence electrons. The van der Waals surface area contributed by atoms with E-state index < -0.39 is 0 Å². The molecule has 24 heavy (non-hydrogen) atoms. The van der Waals surface area contributed by atoms with Crippen LogP contribution in [0.4, 0.5) is 0 Å². The van der Waals surface area contributed by atoms with Crippen molar-refractivity contribution < 1.29 is 14.3 Å². The second-order valence-electron chi connectivity index (χ2n) is 5.45. The van der Waals surface area contributed by atoms with Gasteiger partial charge in [-0.25, -0.2) is 0 Å². The zero-order chi connectivity index (χ0) is 17.4. The summed E-state index contributed by atoms with van der Waals surface area (Å²) in [5.74, 6) is 1.46. The first-order chi connectivity index (χ1) is 11.7. The van der Waals surface area contributed by atoms with Crippen LogP contribution in [-0.4, -0.2) is 26.7 Å². The molecule has 0 bridgehead atoms. The lowest BCUT2D eigenvalue weighted by Gasteiger charge is -2.21.